The fourth-order valence-corrected chi connectivity index (χ4v) is 1.72. The minimum Gasteiger partial charge on any atom is -0.317 e. The Morgan fingerprint density at radius 1 is 1.33 bits per heavy atom. The second-order valence-corrected chi connectivity index (χ2v) is 4.41. The SMILES string of the molecule is C=C(C)CN(CC)C(C)CCNCCC. The molecule has 90 valence electrons. The number of rotatable bonds is 9. The van der Waals surface area contributed by atoms with E-state index in [0.29, 0.717) is 6.04 Å². The van der Waals surface area contributed by atoms with Gasteiger partial charge in [0.1, 0.15) is 0 Å². The van der Waals surface area contributed by atoms with Crippen molar-refractivity contribution in [3.8, 4) is 0 Å². The third-order valence-corrected chi connectivity index (χ3v) is 2.67. The smallest absolute Gasteiger partial charge is 0.0190 e. The molecular formula is C13H28N2. The van der Waals surface area contributed by atoms with Crippen LogP contribution in [0.15, 0.2) is 12.2 Å². The summed E-state index contributed by atoms with van der Waals surface area (Å²) in [7, 11) is 0. The monoisotopic (exact) mass is 212 g/mol. The van der Waals surface area contributed by atoms with Gasteiger partial charge in [-0.25, -0.2) is 0 Å². The normalized spacial score (nSPS) is 13.1. The lowest BCUT2D eigenvalue weighted by Crippen LogP contribution is -2.36. The molecule has 0 bridgehead atoms. The van der Waals surface area contributed by atoms with Gasteiger partial charge in [0.25, 0.3) is 0 Å². The first-order valence-electron chi connectivity index (χ1n) is 6.20. The molecule has 0 heterocycles. The van der Waals surface area contributed by atoms with Gasteiger partial charge in [-0.15, -0.1) is 0 Å². The molecule has 0 aromatic carbocycles. The number of nitrogens with one attached hydrogen (secondary N) is 1. The summed E-state index contributed by atoms with van der Waals surface area (Å²) < 4.78 is 0. The van der Waals surface area contributed by atoms with Crippen LogP contribution in [0, 0.1) is 0 Å². The van der Waals surface area contributed by atoms with Crippen molar-refractivity contribution >= 4 is 0 Å². The highest BCUT2D eigenvalue weighted by Gasteiger charge is 2.10. The van der Waals surface area contributed by atoms with Gasteiger partial charge in [-0.2, -0.15) is 0 Å². The maximum Gasteiger partial charge on any atom is 0.0190 e. The largest absolute Gasteiger partial charge is 0.317 e. The van der Waals surface area contributed by atoms with Gasteiger partial charge in [-0.1, -0.05) is 26.0 Å². The van der Waals surface area contributed by atoms with E-state index < -0.39 is 0 Å². The van der Waals surface area contributed by atoms with Crippen LogP contribution in [0.2, 0.25) is 0 Å². The Bertz CT molecular complexity index is 166. The fraction of sp³-hybridized carbons (Fsp3) is 0.846. The Morgan fingerprint density at radius 3 is 2.47 bits per heavy atom. The minimum absolute atomic E-state index is 0.649. The van der Waals surface area contributed by atoms with Crippen molar-refractivity contribution < 1.29 is 0 Å². The zero-order valence-electron chi connectivity index (χ0n) is 11.0. The average Bonchev–Trinajstić information content (AvgIpc) is 2.20. The van der Waals surface area contributed by atoms with Gasteiger partial charge in [0.15, 0.2) is 0 Å². The summed E-state index contributed by atoms with van der Waals surface area (Å²) >= 11 is 0. The summed E-state index contributed by atoms with van der Waals surface area (Å²) in [6.45, 7) is 17.2. The van der Waals surface area contributed by atoms with E-state index in [4.69, 9.17) is 0 Å². The molecule has 0 saturated heterocycles. The first kappa shape index (κ1) is 14.7. The van der Waals surface area contributed by atoms with Crippen molar-refractivity contribution in [2.24, 2.45) is 0 Å². The molecule has 1 N–H and O–H groups in total. The zero-order valence-corrected chi connectivity index (χ0v) is 11.0. The summed E-state index contributed by atoms with van der Waals surface area (Å²) in [6.07, 6.45) is 2.44. The molecule has 0 fully saturated rings. The zero-order chi connectivity index (χ0) is 11.7. The third kappa shape index (κ3) is 7.57. The predicted octanol–water partition coefficient (Wildman–Crippen LogP) is 2.66. The van der Waals surface area contributed by atoms with Gasteiger partial charge >= 0.3 is 0 Å². The standard InChI is InChI=1S/C13H28N2/c1-6-9-14-10-8-13(5)15(7-2)11-12(3)4/h13-14H,3,6-11H2,1-2,4-5H3. The summed E-state index contributed by atoms with van der Waals surface area (Å²) in [5, 5.41) is 3.45. The fourth-order valence-electron chi connectivity index (χ4n) is 1.72. The lowest BCUT2D eigenvalue weighted by atomic mass is 10.1. The predicted molar refractivity (Wildman–Crippen MR) is 69.3 cm³/mol. The van der Waals surface area contributed by atoms with Crippen molar-refractivity contribution in [1.29, 1.82) is 0 Å². The molecule has 0 aromatic rings. The molecule has 1 unspecified atom stereocenters. The Labute approximate surface area is 95.7 Å². The highest BCUT2D eigenvalue weighted by molar-refractivity contribution is 4.92. The van der Waals surface area contributed by atoms with Crippen LogP contribution in [0.25, 0.3) is 0 Å². The van der Waals surface area contributed by atoms with Crippen LogP contribution in [-0.4, -0.2) is 37.1 Å². The minimum atomic E-state index is 0.649. The van der Waals surface area contributed by atoms with E-state index in [2.05, 4.69) is 44.5 Å². The molecule has 0 aromatic heterocycles. The van der Waals surface area contributed by atoms with Crippen molar-refractivity contribution in [1.82, 2.24) is 10.2 Å². The van der Waals surface area contributed by atoms with E-state index >= 15 is 0 Å². The van der Waals surface area contributed by atoms with Crippen LogP contribution in [0.4, 0.5) is 0 Å². The molecule has 0 spiro atoms. The van der Waals surface area contributed by atoms with Crippen molar-refractivity contribution in [3.05, 3.63) is 12.2 Å². The second-order valence-electron chi connectivity index (χ2n) is 4.41. The Kier molecular flexibility index (Phi) is 8.73. The third-order valence-electron chi connectivity index (χ3n) is 2.67. The molecule has 0 amide bonds. The van der Waals surface area contributed by atoms with Crippen LogP contribution in [-0.2, 0) is 0 Å². The van der Waals surface area contributed by atoms with Gasteiger partial charge < -0.3 is 5.32 Å². The summed E-state index contributed by atoms with van der Waals surface area (Å²) in [5.41, 5.74) is 1.25. The highest BCUT2D eigenvalue weighted by Crippen LogP contribution is 2.05. The van der Waals surface area contributed by atoms with Crippen LogP contribution in [0.5, 0.6) is 0 Å². The first-order chi connectivity index (χ1) is 7.11. The maximum atomic E-state index is 3.98. The second kappa shape index (κ2) is 8.93. The molecule has 1 atom stereocenters. The van der Waals surface area contributed by atoms with E-state index in [9.17, 15) is 0 Å². The molecule has 0 aliphatic carbocycles. The van der Waals surface area contributed by atoms with Crippen LogP contribution >= 0.6 is 0 Å². The number of hydrogen-bond acceptors (Lipinski definition) is 2. The summed E-state index contributed by atoms with van der Waals surface area (Å²) in [5.74, 6) is 0. The quantitative estimate of drug-likeness (QED) is 0.467. The molecule has 0 aliphatic heterocycles. The van der Waals surface area contributed by atoms with E-state index in [1.807, 2.05) is 0 Å². The van der Waals surface area contributed by atoms with Crippen molar-refractivity contribution in [2.45, 2.75) is 46.6 Å². The molecule has 0 radical (unpaired) electrons. The molecule has 0 rings (SSSR count). The van der Waals surface area contributed by atoms with Gasteiger partial charge in [-0.05, 0) is 46.3 Å². The number of hydrogen-bond donors (Lipinski definition) is 1. The number of nitrogens with zero attached hydrogens (tertiary/aromatic N) is 1. The average molecular weight is 212 g/mol. The molecule has 2 nitrogen and oxygen atoms in total. The molecular weight excluding hydrogens is 184 g/mol. The lowest BCUT2D eigenvalue weighted by molar-refractivity contribution is 0.226. The highest BCUT2D eigenvalue weighted by atomic mass is 15.1. The van der Waals surface area contributed by atoms with Gasteiger partial charge in [0, 0.05) is 12.6 Å². The van der Waals surface area contributed by atoms with Crippen molar-refractivity contribution in [2.75, 3.05) is 26.2 Å². The van der Waals surface area contributed by atoms with Crippen LogP contribution < -0.4 is 5.32 Å². The number of likely N-dealkylation sites (N-methyl/N-ethyl adjacent to an activating group) is 1. The van der Waals surface area contributed by atoms with Gasteiger partial charge in [0.2, 0.25) is 0 Å². The van der Waals surface area contributed by atoms with E-state index in [0.717, 1.165) is 26.2 Å². The summed E-state index contributed by atoms with van der Waals surface area (Å²) in [4.78, 5) is 2.48. The molecule has 2 heteroatoms. The molecule has 0 aliphatic rings. The molecule has 15 heavy (non-hydrogen) atoms. The maximum absolute atomic E-state index is 3.98. The van der Waals surface area contributed by atoms with Crippen LogP contribution in [0.3, 0.4) is 0 Å². The van der Waals surface area contributed by atoms with E-state index in [-0.39, 0.29) is 0 Å². The topological polar surface area (TPSA) is 15.3 Å². The van der Waals surface area contributed by atoms with E-state index in [1.54, 1.807) is 0 Å². The van der Waals surface area contributed by atoms with Crippen molar-refractivity contribution in [3.63, 3.8) is 0 Å². The van der Waals surface area contributed by atoms with Gasteiger partial charge in [0.05, 0.1) is 0 Å². The summed E-state index contributed by atoms with van der Waals surface area (Å²) in [6, 6.07) is 0.649. The van der Waals surface area contributed by atoms with Gasteiger partial charge in [-0.3, -0.25) is 4.90 Å². The first-order valence-corrected chi connectivity index (χ1v) is 6.20. The Balaban J connectivity index is 3.72. The van der Waals surface area contributed by atoms with Crippen LogP contribution in [0.1, 0.15) is 40.5 Å². The lowest BCUT2D eigenvalue weighted by Gasteiger charge is -2.28. The van der Waals surface area contributed by atoms with E-state index in [1.165, 1.54) is 18.4 Å². The molecule has 0 saturated carbocycles. The Morgan fingerprint density at radius 2 is 2.00 bits per heavy atom. The Hall–Kier alpha value is -0.340.